The molecule has 4 rings (SSSR count). The summed E-state index contributed by atoms with van der Waals surface area (Å²) < 4.78 is 10.9. The number of aromatic nitrogens is 2. The fraction of sp³-hybridized carbons (Fsp3) is 0.0455. The van der Waals surface area contributed by atoms with Gasteiger partial charge in [-0.15, -0.1) is 0 Å². The number of fused-ring (bicyclic) bond motifs is 1. The van der Waals surface area contributed by atoms with Gasteiger partial charge in [-0.1, -0.05) is 12.1 Å². The highest BCUT2D eigenvalue weighted by Crippen LogP contribution is 2.30. The number of phenolic OH excluding ortho intramolecular Hbond substituents is 1. The highest BCUT2D eigenvalue weighted by Gasteiger charge is 2.12. The van der Waals surface area contributed by atoms with Crippen molar-refractivity contribution in [2.24, 2.45) is 0 Å². The predicted molar refractivity (Wildman–Crippen MR) is 108 cm³/mol. The minimum Gasteiger partial charge on any atom is -0.507 e. The third-order valence-electron chi connectivity index (χ3n) is 4.41. The van der Waals surface area contributed by atoms with E-state index < -0.39 is 0 Å². The number of aromatic hydroxyl groups is 1. The molecule has 7 heteroatoms. The van der Waals surface area contributed by atoms with Crippen LogP contribution in [0.5, 0.6) is 23.1 Å². The van der Waals surface area contributed by atoms with Crippen molar-refractivity contribution in [3.05, 3.63) is 76.6 Å². The number of rotatable bonds is 5. The lowest BCUT2D eigenvalue weighted by atomic mass is 10.1. The van der Waals surface area contributed by atoms with Gasteiger partial charge in [0.2, 0.25) is 5.88 Å². The Morgan fingerprint density at radius 2 is 1.93 bits per heavy atom. The largest absolute Gasteiger partial charge is 0.507 e. The maximum atomic E-state index is 12.6. The molecule has 4 aromatic rings. The maximum Gasteiger partial charge on any atom is 0.229 e. The molecule has 0 saturated carbocycles. The zero-order chi connectivity index (χ0) is 20.4. The van der Waals surface area contributed by atoms with Crippen LogP contribution in [0.25, 0.3) is 22.2 Å². The predicted octanol–water partition coefficient (Wildman–Crippen LogP) is 3.91. The molecule has 0 unspecified atom stereocenters. The summed E-state index contributed by atoms with van der Waals surface area (Å²) in [6.45, 7) is 0. The lowest BCUT2D eigenvalue weighted by molar-refractivity contribution is 0.112. The van der Waals surface area contributed by atoms with Gasteiger partial charge >= 0.3 is 0 Å². The molecule has 2 aromatic heterocycles. The molecule has 0 amide bonds. The molecule has 0 aliphatic heterocycles. The fourth-order valence-corrected chi connectivity index (χ4v) is 3.03. The van der Waals surface area contributed by atoms with Crippen LogP contribution in [-0.4, -0.2) is 28.5 Å². The number of hydrogen-bond donors (Lipinski definition) is 2. The number of carbonyl (C=O) groups is 1. The Balaban J connectivity index is 1.77. The first kappa shape index (κ1) is 18.2. The second kappa shape index (κ2) is 7.47. The minimum absolute atomic E-state index is 0.152. The number of nitrogens with zero attached hydrogens (tertiary/aromatic N) is 1. The van der Waals surface area contributed by atoms with Crippen LogP contribution in [0.4, 0.5) is 0 Å². The van der Waals surface area contributed by atoms with Crippen molar-refractivity contribution in [3.8, 4) is 34.4 Å². The summed E-state index contributed by atoms with van der Waals surface area (Å²) in [5, 5.41) is 10.3. The van der Waals surface area contributed by atoms with E-state index >= 15 is 0 Å². The van der Waals surface area contributed by atoms with Gasteiger partial charge in [-0.2, -0.15) is 0 Å². The Morgan fingerprint density at radius 3 is 2.72 bits per heavy atom. The number of nitrogens with one attached hydrogen (secondary N) is 1. The molecule has 29 heavy (non-hydrogen) atoms. The highest BCUT2D eigenvalue weighted by molar-refractivity contribution is 5.88. The lowest BCUT2D eigenvalue weighted by Gasteiger charge is -2.10. The van der Waals surface area contributed by atoms with E-state index in [4.69, 9.17) is 9.47 Å². The van der Waals surface area contributed by atoms with Gasteiger partial charge < -0.3 is 19.6 Å². The number of hydrogen-bond acceptors (Lipinski definition) is 6. The quantitative estimate of drug-likeness (QED) is 0.503. The third-order valence-corrected chi connectivity index (χ3v) is 4.41. The topological polar surface area (TPSA) is 102 Å². The molecule has 0 aliphatic rings. The molecule has 0 aliphatic carbocycles. The SMILES string of the molecule is COc1cc(O)c2c(=O)cc(-c3cccc(Oc4ncccc4C=O)c3)[nH]c2c1. The van der Waals surface area contributed by atoms with E-state index in [1.165, 1.54) is 25.4 Å². The Morgan fingerprint density at radius 1 is 1.07 bits per heavy atom. The number of pyridine rings is 2. The number of aromatic amines is 1. The van der Waals surface area contributed by atoms with Crippen LogP contribution < -0.4 is 14.9 Å². The molecule has 2 heterocycles. The van der Waals surface area contributed by atoms with Crippen LogP contribution in [0.3, 0.4) is 0 Å². The van der Waals surface area contributed by atoms with Gasteiger partial charge in [0, 0.05) is 35.7 Å². The van der Waals surface area contributed by atoms with Crippen LogP contribution >= 0.6 is 0 Å². The molecule has 0 saturated heterocycles. The van der Waals surface area contributed by atoms with E-state index in [9.17, 15) is 14.7 Å². The van der Waals surface area contributed by atoms with Gasteiger partial charge in [0.25, 0.3) is 0 Å². The van der Waals surface area contributed by atoms with Crippen LogP contribution in [0.1, 0.15) is 10.4 Å². The van der Waals surface area contributed by atoms with E-state index in [2.05, 4.69) is 9.97 Å². The van der Waals surface area contributed by atoms with Crippen molar-refractivity contribution in [3.63, 3.8) is 0 Å². The Bertz CT molecular complexity index is 1280. The molecule has 2 aromatic carbocycles. The summed E-state index contributed by atoms with van der Waals surface area (Å²) in [6, 6.07) is 14.7. The molecular weight excluding hydrogens is 372 g/mol. The summed E-state index contributed by atoms with van der Waals surface area (Å²) in [5.74, 6) is 0.928. The van der Waals surface area contributed by atoms with Crippen molar-refractivity contribution < 1.29 is 19.4 Å². The average Bonchev–Trinajstić information content (AvgIpc) is 2.73. The fourth-order valence-electron chi connectivity index (χ4n) is 3.03. The van der Waals surface area contributed by atoms with Crippen molar-refractivity contribution in [1.82, 2.24) is 9.97 Å². The standard InChI is InChI=1S/C22H16N2O5/c1-28-16-9-18-21(19(26)10-16)20(27)11-17(24-18)13-4-2-6-15(8-13)29-22-14(12-25)5-3-7-23-22/h2-12,26H,1H3,(H,24,27). The summed E-state index contributed by atoms with van der Waals surface area (Å²) in [7, 11) is 1.48. The van der Waals surface area contributed by atoms with Gasteiger partial charge in [-0.3, -0.25) is 9.59 Å². The maximum absolute atomic E-state index is 12.6. The average molecular weight is 388 g/mol. The molecule has 0 atom stereocenters. The summed E-state index contributed by atoms with van der Waals surface area (Å²) in [4.78, 5) is 30.9. The van der Waals surface area contributed by atoms with E-state index in [1.807, 2.05) is 6.07 Å². The normalized spacial score (nSPS) is 10.7. The lowest BCUT2D eigenvalue weighted by Crippen LogP contribution is -2.04. The monoisotopic (exact) mass is 388 g/mol. The third kappa shape index (κ3) is 3.53. The molecule has 0 fully saturated rings. The van der Waals surface area contributed by atoms with Crippen LogP contribution in [-0.2, 0) is 0 Å². The van der Waals surface area contributed by atoms with Gasteiger partial charge in [0.15, 0.2) is 11.7 Å². The number of ether oxygens (including phenoxy) is 2. The van der Waals surface area contributed by atoms with Crippen molar-refractivity contribution in [2.45, 2.75) is 0 Å². The zero-order valence-electron chi connectivity index (χ0n) is 15.4. The molecule has 0 spiro atoms. The summed E-state index contributed by atoms with van der Waals surface area (Å²) >= 11 is 0. The molecule has 7 nitrogen and oxygen atoms in total. The van der Waals surface area contributed by atoms with Crippen LogP contribution in [0.15, 0.2) is 65.6 Å². The number of phenols is 1. The Hall–Kier alpha value is -4.13. The van der Waals surface area contributed by atoms with Gasteiger partial charge in [-0.05, 0) is 24.3 Å². The second-order valence-corrected chi connectivity index (χ2v) is 6.26. The van der Waals surface area contributed by atoms with E-state index in [0.29, 0.717) is 40.1 Å². The number of H-pyrrole nitrogens is 1. The van der Waals surface area contributed by atoms with E-state index in [1.54, 1.807) is 36.4 Å². The zero-order valence-corrected chi connectivity index (χ0v) is 15.4. The first-order chi connectivity index (χ1) is 14.1. The number of methoxy groups -OCH3 is 1. The first-order valence-corrected chi connectivity index (χ1v) is 8.71. The van der Waals surface area contributed by atoms with Gasteiger partial charge in [-0.25, -0.2) is 4.98 Å². The van der Waals surface area contributed by atoms with Crippen molar-refractivity contribution >= 4 is 17.2 Å². The highest BCUT2D eigenvalue weighted by atomic mass is 16.5. The van der Waals surface area contributed by atoms with Crippen molar-refractivity contribution in [2.75, 3.05) is 7.11 Å². The summed E-state index contributed by atoms with van der Waals surface area (Å²) in [6.07, 6.45) is 2.21. The molecular formula is C22H16N2O5. The first-order valence-electron chi connectivity index (χ1n) is 8.71. The number of aldehydes is 1. The van der Waals surface area contributed by atoms with Gasteiger partial charge in [0.1, 0.15) is 17.2 Å². The van der Waals surface area contributed by atoms with Crippen LogP contribution in [0.2, 0.25) is 0 Å². The number of carbonyl (C=O) groups excluding carboxylic acids is 1. The van der Waals surface area contributed by atoms with E-state index in [0.717, 1.165) is 0 Å². The van der Waals surface area contributed by atoms with E-state index in [-0.39, 0.29) is 22.4 Å². The smallest absolute Gasteiger partial charge is 0.229 e. The Labute approximate surface area is 165 Å². The van der Waals surface area contributed by atoms with Gasteiger partial charge in [0.05, 0.1) is 23.6 Å². The molecule has 0 radical (unpaired) electrons. The Kier molecular flexibility index (Phi) is 4.70. The second-order valence-electron chi connectivity index (χ2n) is 6.26. The molecule has 2 N–H and O–H groups in total. The number of benzene rings is 2. The summed E-state index contributed by atoms with van der Waals surface area (Å²) in [5.41, 5.74) is 1.68. The van der Waals surface area contributed by atoms with Crippen molar-refractivity contribution in [1.29, 1.82) is 0 Å². The minimum atomic E-state index is -0.326. The van der Waals surface area contributed by atoms with Crippen LogP contribution in [0, 0.1) is 0 Å². The molecule has 0 bridgehead atoms. The molecule has 144 valence electrons.